The number of ether oxygens (including phenoxy) is 1. The number of nitrogens with one attached hydrogen (secondary N) is 1. The Labute approximate surface area is 151 Å². The van der Waals surface area contributed by atoms with Crippen LogP contribution in [0.4, 0.5) is 10.5 Å². The highest BCUT2D eigenvalue weighted by atomic mass is 35.5. The van der Waals surface area contributed by atoms with E-state index >= 15 is 0 Å². The van der Waals surface area contributed by atoms with Gasteiger partial charge in [-0.25, -0.2) is 4.79 Å². The number of rotatable bonds is 3. The van der Waals surface area contributed by atoms with Crippen molar-refractivity contribution in [2.45, 2.75) is 25.5 Å². The molecule has 3 heterocycles. The molecule has 0 saturated carbocycles. The molecular weight excluding hydrogens is 342 g/mol. The number of cyclic esters (lactones) is 1. The molecule has 1 N–H and O–H groups in total. The smallest absolute Gasteiger partial charge is 0.415 e. The standard InChI is InChI=1S/C18H17N3O3.ClH/c1-11(22)20-10-17-16-8-14-7-12(13-3-2-6-19-9-13)4-5-15(14)21(16)18(23)24-17;/h2-7,9,16-17H,8,10H2,1H3,(H,20,22);1H/t16-,17-;/m0./s1. The summed E-state index contributed by atoms with van der Waals surface area (Å²) in [6.45, 7) is 1.80. The zero-order valence-electron chi connectivity index (χ0n) is 13.6. The molecule has 2 atom stereocenters. The van der Waals surface area contributed by atoms with Gasteiger partial charge in [0.05, 0.1) is 18.3 Å². The first kappa shape index (κ1) is 17.2. The lowest BCUT2D eigenvalue weighted by atomic mass is 10.0. The van der Waals surface area contributed by atoms with Crippen molar-refractivity contribution in [2.75, 3.05) is 11.4 Å². The van der Waals surface area contributed by atoms with E-state index in [-0.39, 0.29) is 36.6 Å². The normalized spacial score (nSPS) is 20.4. The van der Waals surface area contributed by atoms with Crippen LogP contribution >= 0.6 is 12.4 Å². The molecule has 1 aromatic carbocycles. The van der Waals surface area contributed by atoms with Gasteiger partial charge in [0.25, 0.3) is 0 Å². The van der Waals surface area contributed by atoms with Gasteiger partial charge in [-0.05, 0) is 41.3 Å². The minimum Gasteiger partial charge on any atom is -0.442 e. The van der Waals surface area contributed by atoms with Crippen molar-refractivity contribution in [1.82, 2.24) is 10.3 Å². The molecule has 0 spiro atoms. The molecule has 6 nitrogen and oxygen atoms in total. The molecule has 2 aromatic rings. The Morgan fingerprint density at radius 3 is 2.92 bits per heavy atom. The van der Waals surface area contributed by atoms with Gasteiger partial charge in [0.15, 0.2) is 0 Å². The van der Waals surface area contributed by atoms with Crippen molar-refractivity contribution in [3.8, 4) is 11.1 Å². The van der Waals surface area contributed by atoms with Crippen LogP contribution in [0, 0.1) is 0 Å². The van der Waals surface area contributed by atoms with E-state index in [1.807, 2.05) is 30.5 Å². The molecule has 1 fully saturated rings. The summed E-state index contributed by atoms with van der Waals surface area (Å²) in [5.74, 6) is -0.126. The van der Waals surface area contributed by atoms with Gasteiger partial charge in [-0.15, -0.1) is 12.4 Å². The number of carbonyl (C=O) groups is 2. The van der Waals surface area contributed by atoms with Gasteiger partial charge in [-0.1, -0.05) is 12.1 Å². The van der Waals surface area contributed by atoms with Crippen LogP contribution in [0.2, 0.25) is 0 Å². The zero-order valence-corrected chi connectivity index (χ0v) is 14.5. The second-order valence-electron chi connectivity index (χ2n) is 6.09. The summed E-state index contributed by atoms with van der Waals surface area (Å²) < 4.78 is 5.41. The number of benzene rings is 1. The monoisotopic (exact) mass is 359 g/mol. The SMILES string of the molecule is CC(=O)NC[C@@H]1OC(=O)N2c3ccc(-c4cccnc4)cc3C[C@@H]12.Cl. The number of aromatic nitrogens is 1. The van der Waals surface area contributed by atoms with Crippen LogP contribution in [0.15, 0.2) is 42.7 Å². The predicted molar refractivity (Wildman–Crippen MR) is 95.8 cm³/mol. The molecular formula is C18H18ClN3O3. The third kappa shape index (κ3) is 3.05. The third-order valence-electron chi connectivity index (χ3n) is 4.52. The molecule has 130 valence electrons. The Morgan fingerprint density at radius 2 is 2.20 bits per heavy atom. The minimum absolute atomic E-state index is 0. The fraction of sp³-hybridized carbons (Fsp3) is 0.278. The van der Waals surface area contributed by atoms with E-state index in [1.165, 1.54) is 6.92 Å². The number of pyridine rings is 1. The molecule has 7 heteroatoms. The van der Waals surface area contributed by atoms with Crippen LogP contribution in [-0.2, 0) is 16.0 Å². The number of anilines is 1. The van der Waals surface area contributed by atoms with Crippen LogP contribution in [0.5, 0.6) is 0 Å². The topological polar surface area (TPSA) is 71.5 Å². The van der Waals surface area contributed by atoms with Crippen molar-refractivity contribution in [3.05, 3.63) is 48.3 Å². The molecule has 0 aliphatic carbocycles. The van der Waals surface area contributed by atoms with Gasteiger partial charge in [-0.3, -0.25) is 14.7 Å². The maximum Gasteiger partial charge on any atom is 0.415 e. The second-order valence-corrected chi connectivity index (χ2v) is 6.09. The van der Waals surface area contributed by atoms with E-state index in [0.29, 0.717) is 6.54 Å². The highest BCUT2D eigenvalue weighted by Gasteiger charge is 2.47. The highest BCUT2D eigenvalue weighted by molar-refractivity contribution is 5.94. The maximum atomic E-state index is 12.2. The van der Waals surface area contributed by atoms with E-state index in [9.17, 15) is 9.59 Å². The van der Waals surface area contributed by atoms with Gasteiger partial charge >= 0.3 is 6.09 Å². The summed E-state index contributed by atoms with van der Waals surface area (Å²) in [4.78, 5) is 29.2. The molecule has 2 amide bonds. The molecule has 4 rings (SSSR count). The Morgan fingerprint density at radius 1 is 1.36 bits per heavy atom. The predicted octanol–water partition coefficient (Wildman–Crippen LogP) is 2.56. The number of fused-ring (bicyclic) bond motifs is 3. The van der Waals surface area contributed by atoms with Crippen molar-refractivity contribution < 1.29 is 14.3 Å². The van der Waals surface area contributed by atoms with Gasteiger partial charge in [0, 0.05) is 19.3 Å². The molecule has 1 saturated heterocycles. The number of hydrogen-bond donors (Lipinski definition) is 1. The Bertz CT molecular complexity index is 812. The number of carbonyl (C=O) groups excluding carboxylic acids is 2. The van der Waals surface area contributed by atoms with Crippen molar-refractivity contribution in [3.63, 3.8) is 0 Å². The summed E-state index contributed by atoms with van der Waals surface area (Å²) in [6.07, 6.45) is 3.62. The van der Waals surface area contributed by atoms with E-state index in [0.717, 1.165) is 28.8 Å². The quantitative estimate of drug-likeness (QED) is 0.914. The maximum absolute atomic E-state index is 12.2. The number of halogens is 1. The minimum atomic E-state index is -0.344. The number of hydrogen-bond acceptors (Lipinski definition) is 4. The van der Waals surface area contributed by atoms with Crippen LogP contribution < -0.4 is 10.2 Å². The van der Waals surface area contributed by atoms with E-state index < -0.39 is 0 Å². The lowest BCUT2D eigenvalue weighted by molar-refractivity contribution is -0.119. The van der Waals surface area contributed by atoms with Crippen molar-refractivity contribution in [2.24, 2.45) is 0 Å². The molecule has 2 aliphatic heterocycles. The van der Waals surface area contributed by atoms with Crippen LogP contribution in [0.1, 0.15) is 12.5 Å². The molecule has 25 heavy (non-hydrogen) atoms. The highest BCUT2D eigenvalue weighted by Crippen LogP contribution is 2.40. The summed E-state index contributed by atoms with van der Waals surface area (Å²) in [6, 6.07) is 9.91. The lowest BCUT2D eigenvalue weighted by Gasteiger charge is -2.16. The fourth-order valence-corrected chi connectivity index (χ4v) is 3.41. The summed E-state index contributed by atoms with van der Waals surface area (Å²) in [5.41, 5.74) is 4.13. The Hall–Kier alpha value is -2.60. The zero-order chi connectivity index (χ0) is 16.7. The average Bonchev–Trinajstić information content (AvgIpc) is 3.11. The second kappa shape index (κ2) is 6.72. The van der Waals surface area contributed by atoms with Crippen LogP contribution in [-0.4, -0.2) is 35.7 Å². The first-order valence-electron chi connectivity index (χ1n) is 7.91. The van der Waals surface area contributed by atoms with E-state index in [4.69, 9.17) is 4.74 Å². The molecule has 1 aromatic heterocycles. The summed E-state index contributed by atoms with van der Waals surface area (Å²) >= 11 is 0. The van der Waals surface area contributed by atoms with Gasteiger partial charge in [0.2, 0.25) is 5.91 Å². The van der Waals surface area contributed by atoms with E-state index in [2.05, 4.69) is 16.4 Å². The third-order valence-corrected chi connectivity index (χ3v) is 4.52. The first-order chi connectivity index (χ1) is 11.6. The molecule has 0 bridgehead atoms. The first-order valence-corrected chi connectivity index (χ1v) is 7.91. The Kier molecular flexibility index (Phi) is 4.63. The van der Waals surface area contributed by atoms with Crippen molar-refractivity contribution in [1.29, 1.82) is 0 Å². The van der Waals surface area contributed by atoms with Gasteiger partial charge in [-0.2, -0.15) is 0 Å². The Balaban J connectivity index is 0.00000182. The number of nitrogens with zero attached hydrogens (tertiary/aromatic N) is 2. The average molecular weight is 360 g/mol. The van der Waals surface area contributed by atoms with Crippen LogP contribution in [0.25, 0.3) is 11.1 Å². The van der Waals surface area contributed by atoms with Gasteiger partial charge < -0.3 is 10.1 Å². The largest absolute Gasteiger partial charge is 0.442 e. The molecule has 0 radical (unpaired) electrons. The molecule has 2 aliphatic rings. The fourth-order valence-electron chi connectivity index (χ4n) is 3.41. The lowest BCUT2D eigenvalue weighted by Crippen LogP contribution is -2.40. The summed E-state index contributed by atoms with van der Waals surface area (Å²) in [7, 11) is 0. The molecule has 0 unspecified atom stereocenters. The summed E-state index contributed by atoms with van der Waals surface area (Å²) in [5, 5.41) is 2.73. The van der Waals surface area contributed by atoms with E-state index in [1.54, 1.807) is 11.1 Å². The van der Waals surface area contributed by atoms with Gasteiger partial charge in [0.1, 0.15) is 6.10 Å². The number of amides is 2. The van der Waals surface area contributed by atoms with Crippen molar-refractivity contribution >= 4 is 30.1 Å². The van der Waals surface area contributed by atoms with Crippen LogP contribution in [0.3, 0.4) is 0 Å².